The molecule has 1 fully saturated rings. The van der Waals surface area contributed by atoms with Gasteiger partial charge in [-0.3, -0.25) is 0 Å². The van der Waals surface area contributed by atoms with Crippen LogP contribution in [0.25, 0.3) is 11.5 Å². The Morgan fingerprint density at radius 3 is 2.58 bits per heavy atom. The minimum atomic E-state index is -0.414. The van der Waals surface area contributed by atoms with Crippen molar-refractivity contribution in [3.8, 4) is 11.5 Å². The summed E-state index contributed by atoms with van der Waals surface area (Å²) in [5.41, 5.74) is 8.07. The second-order valence-electron chi connectivity index (χ2n) is 6.22. The largest absolute Gasteiger partial charge is 0.334 e. The number of hydrogen-bond acceptors (Lipinski definition) is 5. The van der Waals surface area contributed by atoms with Crippen LogP contribution in [0.5, 0.6) is 0 Å². The smallest absolute Gasteiger partial charge is 0.257 e. The molecule has 0 amide bonds. The summed E-state index contributed by atoms with van der Waals surface area (Å²) in [4.78, 5) is 8.57. The molecule has 0 bridgehead atoms. The van der Waals surface area contributed by atoms with Gasteiger partial charge in [0, 0.05) is 24.5 Å². The molecule has 0 radical (unpaired) electrons. The van der Waals surface area contributed by atoms with Gasteiger partial charge in [-0.2, -0.15) is 4.98 Å². The zero-order valence-corrected chi connectivity index (χ0v) is 14.1. The van der Waals surface area contributed by atoms with Crippen LogP contribution in [0.4, 0.5) is 0 Å². The molecule has 0 unspecified atom stereocenters. The predicted molar refractivity (Wildman–Crippen MR) is 92.6 cm³/mol. The van der Waals surface area contributed by atoms with Crippen molar-refractivity contribution in [2.24, 2.45) is 5.73 Å². The number of nitrogens with two attached hydrogens (primary N) is 1. The monoisotopic (exact) mass is 345 g/mol. The summed E-state index contributed by atoms with van der Waals surface area (Å²) >= 11 is 0. The Balaban J connectivity index is 0.00000169. The van der Waals surface area contributed by atoms with E-state index in [4.69, 9.17) is 10.3 Å². The normalized spacial score (nSPS) is 16.0. The summed E-state index contributed by atoms with van der Waals surface area (Å²) in [6, 6.07) is 8.13. The summed E-state index contributed by atoms with van der Waals surface area (Å²) in [5, 5.41) is 4.11. The topological polar surface area (TPSA) is 82.8 Å². The van der Waals surface area contributed by atoms with Crippen molar-refractivity contribution in [2.45, 2.75) is 37.8 Å². The Morgan fingerprint density at radius 2 is 1.92 bits per heavy atom. The second kappa shape index (κ2) is 6.75. The van der Waals surface area contributed by atoms with Crippen molar-refractivity contribution in [3.05, 3.63) is 54.4 Å². The quantitative estimate of drug-likeness (QED) is 0.785. The van der Waals surface area contributed by atoms with E-state index < -0.39 is 5.54 Å². The number of imidazole rings is 1. The minimum Gasteiger partial charge on any atom is -0.334 e. The third-order valence-corrected chi connectivity index (χ3v) is 4.49. The maximum absolute atomic E-state index is 6.38. The maximum atomic E-state index is 6.38. The van der Waals surface area contributed by atoms with Gasteiger partial charge in [0.05, 0.1) is 11.9 Å². The molecule has 2 heterocycles. The zero-order valence-electron chi connectivity index (χ0n) is 13.3. The number of hydrogen-bond donors (Lipinski definition) is 1. The molecule has 6 nitrogen and oxygen atoms in total. The van der Waals surface area contributed by atoms with E-state index in [9.17, 15) is 0 Å². The highest BCUT2D eigenvalue weighted by atomic mass is 35.5. The molecule has 1 aliphatic carbocycles. The second-order valence-corrected chi connectivity index (χ2v) is 6.22. The molecule has 7 heteroatoms. The lowest BCUT2D eigenvalue weighted by molar-refractivity contribution is 0.372. The maximum Gasteiger partial charge on any atom is 0.257 e. The van der Waals surface area contributed by atoms with Crippen LogP contribution in [-0.2, 0) is 12.1 Å². The molecule has 0 spiro atoms. The summed E-state index contributed by atoms with van der Waals surface area (Å²) in [5.74, 6) is 1.17. The van der Waals surface area contributed by atoms with E-state index in [0.29, 0.717) is 11.7 Å². The van der Waals surface area contributed by atoms with Crippen LogP contribution in [0.2, 0.25) is 0 Å². The van der Waals surface area contributed by atoms with Gasteiger partial charge < -0.3 is 14.8 Å². The van der Waals surface area contributed by atoms with Crippen LogP contribution >= 0.6 is 12.4 Å². The van der Waals surface area contributed by atoms with Gasteiger partial charge in [-0.05, 0) is 30.5 Å². The first-order valence-electron chi connectivity index (χ1n) is 7.91. The number of rotatable bonds is 4. The van der Waals surface area contributed by atoms with E-state index in [2.05, 4.69) is 27.3 Å². The van der Waals surface area contributed by atoms with Gasteiger partial charge in [-0.25, -0.2) is 4.98 Å². The van der Waals surface area contributed by atoms with Crippen molar-refractivity contribution < 1.29 is 4.52 Å². The van der Waals surface area contributed by atoms with Gasteiger partial charge >= 0.3 is 0 Å². The molecular formula is C17H20ClN5O. The molecule has 1 aromatic carbocycles. The zero-order chi connectivity index (χ0) is 15.7. The summed E-state index contributed by atoms with van der Waals surface area (Å²) in [6.45, 7) is 0.793. The van der Waals surface area contributed by atoms with Crippen molar-refractivity contribution in [3.63, 3.8) is 0 Å². The third kappa shape index (κ3) is 3.20. The molecule has 24 heavy (non-hydrogen) atoms. The first-order chi connectivity index (χ1) is 11.2. The summed E-state index contributed by atoms with van der Waals surface area (Å²) in [6.07, 6.45) is 9.64. The Bertz CT molecular complexity index is 776. The molecule has 0 saturated heterocycles. The summed E-state index contributed by atoms with van der Waals surface area (Å²) < 4.78 is 7.44. The fraction of sp³-hybridized carbons (Fsp3) is 0.353. The van der Waals surface area contributed by atoms with Crippen LogP contribution in [0.1, 0.15) is 37.1 Å². The lowest BCUT2D eigenvalue weighted by atomic mass is 9.99. The predicted octanol–water partition coefficient (Wildman–Crippen LogP) is 3.13. The molecule has 4 rings (SSSR count). The minimum absolute atomic E-state index is 0. The molecular weight excluding hydrogens is 326 g/mol. The Kier molecular flexibility index (Phi) is 4.69. The van der Waals surface area contributed by atoms with E-state index in [-0.39, 0.29) is 12.4 Å². The molecule has 126 valence electrons. The van der Waals surface area contributed by atoms with Crippen molar-refractivity contribution in [1.29, 1.82) is 0 Å². The van der Waals surface area contributed by atoms with Crippen molar-refractivity contribution >= 4 is 12.4 Å². The lowest BCUT2D eigenvalue weighted by Gasteiger charge is -2.17. The summed E-state index contributed by atoms with van der Waals surface area (Å²) in [7, 11) is 0. The fourth-order valence-corrected chi connectivity index (χ4v) is 3.12. The molecule has 1 aliphatic rings. The van der Waals surface area contributed by atoms with Crippen molar-refractivity contribution in [2.75, 3.05) is 0 Å². The highest BCUT2D eigenvalue weighted by molar-refractivity contribution is 5.85. The van der Waals surface area contributed by atoms with E-state index in [1.54, 1.807) is 12.5 Å². The highest BCUT2D eigenvalue weighted by Gasteiger charge is 2.36. The van der Waals surface area contributed by atoms with Crippen LogP contribution in [-0.4, -0.2) is 19.7 Å². The average molecular weight is 346 g/mol. The third-order valence-electron chi connectivity index (χ3n) is 4.49. The highest BCUT2D eigenvalue weighted by Crippen LogP contribution is 2.35. The van der Waals surface area contributed by atoms with Crippen LogP contribution in [0.3, 0.4) is 0 Å². The van der Waals surface area contributed by atoms with Gasteiger partial charge in [0.15, 0.2) is 5.82 Å². The molecule has 2 aromatic heterocycles. The fourth-order valence-electron chi connectivity index (χ4n) is 3.12. The number of aromatic nitrogens is 4. The number of nitrogens with zero attached hydrogens (tertiary/aromatic N) is 4. The molecule has 2 N–H and O–H groups in total. The first-order valence-corrected chi connectivity index (χ1v) is 7.91. The van der Waals surface area contributed by atoms with Gasteiger partial charge in [0.25, 0.3) is 5.89 Å². The lowest BCUT2D eigenvalue weighted by Crippen LogP contribution is -2.34. The van der Waals surface area contributed by atoms with E-state index >= 15 is 0 Å². The van der Waals surface area contributed by atoms with E-state index in [0.717, 1.165) is 37.8 Å². The van der Waals surface area contributed by atoms with Gasteiger partial charge in [-0.1, -0.05) is 30.1 Å². The average Bonchev–Trinajstić information content (AvgIpc) is 3.29. The van der Waals surface area contributed by atoms with E-state index in [1.807, 2.05) is 22.9 Å². The molecule has 0 aliphatic heterocycles. The Morgan fingerprint density at radius 1 is 1.17 bits per heavy atom. The van der Waals surface area contributed by atoms with Crippen molar-refractivity contribution in [1.82, 2.24) is 19.7 Å². The van der Waals surface area contributed by atoms with Gasteiger partial charge in [-0.15, -0.1) is 12.4 Å². The van der Waals surface area contributed by atoms with Gasteiger partial charge in [0.2, 0.25) is 0 Å². The number of benzene rings is 1. The molecule has 3 aromatic rings. The van der Waals surface area contributed by atoms with Crippen LogP contribution in [0, 0.1) is 0 Å². The Labute approximate surface area is 146 Å². The van der Waals surface area contributed by atoms with Crippen LogP contribution < -0.4 is 5.73 Å². The standard InChI is InChI=1S/C17H19N5O.ClH/c18-17(7-1-2-8-17)16-20-15(23-21-16)14-5-3-13(4-6-14)11-22-10-9-19-12-22;/h3-6,9-10,12H,1-2,7-8,11,18H2;1H. The Hall–Kier alpha value is -2.18. The number of halogens is 1. The van der Waals surface area contributed by atoms with Gasteiger partial charge in [0.1, 0.15) is 0 Å². The van der Waals surface area contributed by atoms with E-state index in [1.165, 1.54) is 5.56 Å². The molecule has 0 atom stereocenters. The SMILES string of the molecule is Cl.NC1(c2noc(-c3ccc(Cn4ccnc4)cc3)n2)CCCC1. The molecule has 1 saturated carbocycles. The van der Waals surface area contributed by atoms with Crippen LogP contribution in [0.15, 0.2) is 47.5 Å². The first kappa shape index (κ1) is 16.7.